The third kappa shape index (κ3) is 5.46. The van der Waals surface area contributed by atoms with Crippen molar-refractivity contribution in [3.8, 4) is 11.5 Å². The van der Waals surface area contributed by atoms with Gasteiger partial charge in [0.05, 0.1) is 18.2 Å². The van der Waals surface area contributed by atoms with Gasteiger partial charge < -0.3 is 9.47 Å². The SMILES string of the molecule is COc1cc(C=NNc2ccc([N+](=O)[O-])cn2)c(Br)cc1OCc1ccccc1Cl. The number of nitrogens with zero attached hydrogens (tertiary/aromatic N) is 3. The van der Waals surface area contributed by atoms with Gasteiger partial charge in [-0.3, -0.25) is 15.5 Å². The molecule has 1 N–H and O–H groups in total. The zero-order chi connectivity index (χ0) is 21.5. The van der Waals surface area contributed by atoms with Crippen molar-refractivity contribution in [1.82, 2.24) is 4.98 Å². The molecule has 0 aliphatic rings. The molecule has 0 aliphatic heterocycles. The van der Waals surface area contributed by atoms with Crippen molar-refractivity contribution in [2.45, 2.75) is 6.61 Å². The fraction of sp³-hybridized carbons (Fsp3) is 0.100. The number of halogens is 2. The van der Waals surface area contributed by atoms with Crippen LogP contribution < -0.4 is 14.9 Å². The molecule has 0 amide bonds. The van der Waals surface area contributed by atoms with E-state index in [0.717, 1.165) is 21.8 Å². The lowest BCUT2D eigenvalue weighted by molar-refractivity contribution is -0.385. The summed E-state index contributed by atoms with van der Waals surface area (Å²) in [5.74, 6) is 1.45. The maximum Gasteiger partial charge on any atom is 0.287 e. The number of hydrogen-bond acceptors (Lipinski definition) is 7. The van der Waals surface area contributed by atoms with Gasteiger partial charge in [-0.1, -0.05) is 29.8 Å². The van der Waals surface area contributed by atoms with E-state index < -0.39 is 4.92 Å². The van der Waals surface area contributed by atoms with Crippen LogP contribution in [0, 0.1) is 10.1 Å². The van der Waals surface area contributed by atoms with Gasteiger partial charge in [-0.15, -0.1) is 0 Å². The molecule has 0 bridgehead atoms. The van der Waals surface area contributed by atoms with Gasteiger partial charge in [-0.2, -0.15) is 5.10 Å². The highest BCUT2D eigenvalue weighted by molar-refractivity contribution is 9.10. The second kappa shape index (κ2) is 10.0. The highest BCUT2D eigenvalue weighted by Gasteiger charge is 2.11. The molecule has 0 spiro atoms. The van der Waals surface area contributed by atoms with Crippen molar-refractivity contribution < 1.29 is 14.4 Å². The van der Waals surface area contributed by atoms with E-state index in [2.05, 4.69) is 31.4 Å². The minimum atomic E-state index is -0.515. The summed E-state index contributed by atoms with van der Waals surface area (Å²) in [4.78, 5) is 14.1. The summed E-state index contributed by atoms with van der Waals surface area (Å²) in [7, 11) is 1.55. The number of methoxy groups -OCH3 is 1. The molecular formula is C20H16BrClN4O4. The molecule has 3 rings (SSSR count). The lowest BCUT2D eigenvalue weighted by atomic mass is 10.2. The Kier molecular flexibility index (Phi) is 7.21. The second-order valence-electron chi connectivity index (χ2n) is 5.93. The van der Waals surface area contributed by atoms with Crippen LogP contribution in [-0.4, -0.2) is 23.2 Å². The fourth-order valence-electron chi connectivity index (χ4n) is 2.42. The van der Waals surface area contributed by atoms with E-state index in [-0.39, 0.29) is 5.69 Å². The fourth-order valence-corrected chi connectivity index (χ4v) is 3.04. The first-order valence-electron chi connectivity index (χ1n) is 8.61. The molecule has 154 valence electrons. The van der Waals surface area contributed by atoms with Gasteiger partial charge in [0.15, 0.2) is 11.5 Å². The molecule has 2 aromatic carbocycles. The number of anilines is 1. The molecule has 8 nitrogen and oxygen atoms in total. The molecule has 1 aromatic heterocycles. The first-order valence-corrected chi connectivity index (χ1v) is 9.78. The smallest absolute Gasteiger partial charge is 0.287 e. The average molecular weight is 492 g/mol. The number of aromatic nitrogens is 1. The molecule has 3 aromatic rings. The molecule has 30 heavy (non-hydrogen) atoms. The van der Waals surface area contributed by atoms with Crippen LogP contribution in [0.15, 0.2) is 64.3 Å². The number of hydrazone groups is 1. The quantitative estimate of drug-likeness (QED) is 0.256. The molecule has 0 saturated heterocycles. The molecular weight excluding hydrogens is 476 g/mol. The van der Waals surface area contributed by atoms with Gasteiger partial charge in [0.1, 0.15) is 18.6 Å². The van der Waals surface area contributed by atoms with Crippen molar-refractivity contribution in [1.29, 1.82) is 0 Å². The summed E-state index contributed by atoms with van der Waals surface area (Å²) >= 11 is 9.66. The maximum atomic E-state index is 10.7. The molecule has 10 heteroatoms. The first kappa shape index (κ1) is 21.5. The maximum absolute atomic E-state index is 10.7. The van der Waals surface area contributed by atoms with Gasteiger partial charge >= 0.3 is 0 Å². The number of benzene rings is 2. The normalized spacial score (nSPS) is 10.8. The van der Waals surface area contributed by atoms with Crippen molar-refractivity contribution in [2.24, 2.45) is 5.10 Å². The Bertz CT molecular complexity index is 1080. The number of hydrogen-bond donors (Lipinski definition) is 1. The van der Waals surface area contributed by atoms with Gasteiger partial charge in [0.25, 0.3) is 5.69 Å². The van der Waals surface area contributed by atoms with Crippen LogP contribution in [0.5, 0.6) is 11.5 Å². The summed E-state index contributed by atoms with van der Waals surface area (Å²) in [5, 5.41) is 15.4. The van der Waals surface area contributed by atoms with Gasteiger partial charge in [-0.05, 0) is 40.2 Å². The number of pyridine rings is 1. The standard InChI is InChI=1S/C20H16BrClN4O4/c1-29-18-8-14(10-24-25-20-7-6-15(11-23-20)26(27)28)16(21)9-19(18)30-12-13-4-2-3-5-17(13)22/h2-11H,12H2,1H3,(H,23,25). The van der Waals surface area contributed by atoms with E-state index in [9.17, 15) is 10.1 Å². The zero-order valence-electron chi connectivity index (χ0n) is 15.7. The summed E-state index contributed by atoms with van der Waals surface area (Å²) in [6.07, 6.45) is 2.72. The van der Waals surface area contributed by atoms with Crippen LogP contribution in [0.1, 0.15) is 11.1 Å². The predicted molar refractivity (Wildman–Crippen MR) is 119 cm³/mol. The Morgan fingerprint density at radius 1 is 1.27 bits per heavy atom. The third-order valence-electron chi connectivity index (χ3n) is 3.97. The molecule has 0 radical (unpaired) electrons. The largest absolute Gasteiger partial charge is 0.493 e. The highest BCUT2D eigenvalue weighted by Crippen LogP contribution is 2.34. The molecule has 0 fully saturated rings. The monoisotopic (exact) mass is 490 g/mol. The summed E-state index contributed by atoms with van der Waals surface area (Å²) in [6.45, 7) is 0.295. The van der Waals surface area contributed by atoms with Crippen LogP contribution in [0.25, 0.3) is 0 Å². The number of rotatable bonds is 8. The third-order valence-corrected chi connectivity index (χ3v) is 5.02. The number of nitrogens with one attached hydrogen (secondary N) is 1. The lowest BCUT2D eigenvalue weighted by Crippen LogP contribution is -2.00. The van der Waals surface area contributed by atoms with Gasteiger partial charge in [0.2, 0.25) is 0 Å². The van der Waals surface area contributed by atoms with Crippen LogP contribution in [-0.2, 0) is 6.61 Å². The van der Waals surface area contributed by atoms with E-state index >= 15 is 0 Å². The molecule has 0 saturated carbocycles. The predicted octanol–water partition coefficient (Wildman–Crippen LogP) is 5.44. The van der Waals surface area contributed by atoms with E-state index in [1.807, 2.05) is 18.2 Å². The number of ether oxygens (including phenoxy) is 2. The van der Waals surface area contributed by atoms with Crippen LogP contribution >= 0.6 is 27.5 Å². The van der Waals surface area contributed by atoms with Crippen molar-refractivity contribution >= 4 is 45.3 Å². The van der Waals surface area contributed by atoms with Crippen LogP contribution in [0.4, 0.5) is 11.5 Å². The second-order valence-corrected chi connectivity index (χ2v) is 7.19. The van der Waals surface area contributed by atoms with Gasteiger partial charge in [0, 0.05) is 26.7 Å². The zero-order valence-corrected chi connectivity index (χ0v) is 18.1. The highest BCUT2D eigenvalue weighted by atomic mass is 79.9. The summed E-state index contributed by atoms with van der Waals surface area (Å²) in [5.41, 5.74) is 4.22. The summed E-state index contributed by atoms with van der Waals surface area (Å²) < 4.78 is 12.0. The minimum absolute atomic E-state index is 0.0932. The lowest BCUT2D eigenvalue weighted by Gasteiger charge is -2.13. The molecule has 1 heterocycles. The Labute approximate surface area is 185 Å². The van der Waals surface area contributed by atoms with Crippen molar-refractivity contribution in [2.75, 3.05) is 12.5 Å². The molecule has 0 atom stereocenters. The molecule has 0 aliphatic carbocycles. The van der Waals surface area contributed by atoms with E-state index in [1.165, 1.54) is 12.1 Å². The Morgan fingerprint density at radius 3 is 2.73 bits per heavy atom. The Morgan fingerprint density at radius 2 is 2.07 bits per heavy atom. The van der Waals surface area contributed by atoms with Crippen molar-refractivity contribution in [3.05, 3.63) is 85.5 Å². The first-order chi connectivity index (χ1) is 14.5. The summed E-state index contributed by atoms with van der Waals surface area (Å²) in [6, 6.07) is 13.8. The topological polar surface area (TPSA) is 98.9 Å². The van der Waals surface area contributed by atoms with Crippen molar-refractivity contribution in [3.63, 3.8) is 0 Å². The Hall–Kier alpha value is -3.17. The van der Waals surface area contributed by atoms with Gasteiger partial charge in [-0.25, -0.2) is 4.98 Å². The van der Waals surface area contributed by atoms with E-state index in [1.54, 1.807) is 31.5 Å². The molecule has 0 unspecified atom stereocenters. The minimum Gasteiger partial charge on any atom is -0.493 e. The van der Waals surface area contributed by atoms with Crippen LogP contribution in [0.2, 0.25) is 5.02 Å². The Balaban J connectivity index is 1.70. The van der Waals surface area contributed by atoms with E-state index in [0.29, 0.717) is 28.9 Å². The average Bonchev–Trinajstić information content (AvgIpc) is 2.74. The van der Waals surface area contributed by atoms with E-state index in [4.69, 9.17) is 21.1 Å². The van der Waals surface area contributed by atoms with Crippen LogP contribution in [0.3, 0.4) is 0 Å². The number of nitro groups is 1.